The van der Waals surface area contributed by atoms with Crippen LogP contribution < -0.4 is 0 Å². The van der Waals surface area contributed by atoms with E-state index < -0.39 is 0 Å². The van der Waals surface area contributed by atoms with Gasteiger partial charge in [-0.3, -0.25) is 4.79 Å². The van der Waals surface area contributed by atoms with Crippen LogP contribution in [0.25, 0.3) is 0 Å². The molecule has 3 nitrogen and oxygen atoms in total. The lowest BCUT2D eigenvalue weighted by Gasteiger charge is -2.20. The van der Waals surface area contributed by atoms with Crippen molar-refractivity contribution in [3.05, 3.63) is 69.9 Å². The first-order valence-electron chi connectivity index (χ1n) is 6.93. The first-order valence-corrected chi connectivity index (χ1v) is 7.72. The van der Waals surface area contributed by atoms with E-state index >= 15 is 0 Å². The largest absolute Gasteiger partial charge is 0.273 e. The van der Waals surface area contributed by atoms with E-state index in [4.69, 9.17) is 0 Å². The molecule has 3 rings (SSSR count). The van der Waals surface area contributed by atoms with Gasteiger partial charge in [0.25, 0.3) is 0 Å². The van der Waals surface area contributed by atoms with Gasteiger partial charge in [0, 0.05) is 17.8 Å². The number of nitrogens with zero attached hydrogens (tertiary/aromatic N) is 2. The average Bonchev–Trinajstić information content (AvgIpc) is 2.94. The maximum Gasteiger partial charge on any atom is 0.240 e. The number of carbonyl (C=O) groups excluding carboxylic acids is 1. The number of hydrazone groups is 1. The van der Waals surface area contributed by atoms with Crippen molar-refractivity contribution in [2.24, 2.45) is 5.10 Å². The molecule has 0 aliphatic carbocycles. The topological polar surface area (TPSA) is 32.7 Å². The van der Waals surface area contributed by atoms with Crippen molar-refractivity contribution in [2.45, 2.75) is 19.4 Å². The molecule has 112 valence electrons. The zero-order valence-electron chi connectivity index (χ0n) is 12.0. The summed E-state index contributed by atoms with van der Waals surface area (Å²) < 4.78 is 14.1. The normalized spacial score (nSPS) is 17.5. The van der Waals surface area contributed by atoms with Crippen LogP contribution in [0.2, 0.25) is 0 Å². The highest BCUT2D eigenvalue weighted by Crippen LogP contribution is 2.33. The number of carbonyl (C=O) groups is 1. The summed E-state index contributed by atoms with van der Waals surface area (Å²) in [6.45, 7) is 1.49. The summed E-state index contributed by atoms with van der Waals surface area (Å²) in [6, 6.07) is 13.9. The molecule has 1 atom stereocenters. The second-order valence-electron chi connectivity index (χ2n) is 5.19. The summed E-state index contributed by atoms with van der Waals surface area (Å²) in [5.74, 6) is -0.411. The van der Waals surface area contributed by atoms with Crippen LogP contribution in [0, 0.1) is 5.82 Å². The Morgan fingerprint density at radius 2 is 1.82 bits per heavy atom. The summed E-state index contributed by atoms with van der Waals surface area (Å²) >= 11 is 3.40. The summed E-state index contributed by atoms with van der Waals surface area (Å²) in [5, 5.41) is 5.94. The van der Waals surface area contributed by atoms with E-state index in [0.29, 0.717) is 6.42 Å². The molecule has 1 aliphatic rings. The van der Waals surface area contributed by atoms with E-state index in [2.05, 4.69) is 21.0 Å². The fourth-order valence-corrected chi connectivity index (χ4v) is 2.83. The van der Waals surface area contributed by atoms with Gasteiger partial charge in [0.2, 0.25) is 5.91 Å². The number of hydrogen-bond acceptors (Lipinski definition) is 2. The molecule has 0 radical (unpaired) electrons. The Morgan fingerprint density at radius 3 is 2.41 bits per heavy atom. The predicted molar refractivity (Wildman–Crippen MR) is 87.0 cm³/mol. The fourth-order valence-electron chi connectivity index (χ4n) is 2.56. The zero-order chi connectivity index (χ0) is 15.7. The molecule has 0 bridgehead atoms. The minimum Gasteiger partial charge on any atom is -0.273 e. The van der Waals surface area contributed by atoms with Gasteiger partial charge in [0.15, 0.2) is 0 Å². The Bertz CT molecular complexity index is 725. The number of benzene rings is 2. The summed E-state index contributed by atoms with van der Waals surface area (Å²) in [5.41, 5.74) is 2.73. The Hall–Kier alpha value is -2.01. The second kappa shape index (κ2) is 6.01. The molecule has 0 spiro atoms. The SMILES string of the molecule is CC(=O)N1N=C(c2ccc(Br)cc2)C[C@@H]1c1ccc(F)cc1. The molecule has 0 unspecified atom stereocenters. The quantitative estimate of drug-likeness (QED) is 0.786. The molecule has 2 aromatic rings. The molecule has 1 heterocycles. The Kier molecular flexibility index (Phi) is 4.07. The molecule has 0 N–H and O–H groups in total. The van der Waals surface area contributed by atoms with Gasteiger partial charge in [0.1, 0.15) is 5.82 Å². The highest BCUT2D eigenvalue weighted by Gasteiger charge is 2.31. The van der Waals surface area contributed by atoms with Gasteiger partial charge in [-0.05, 0) is 35.4 Å². The monoisotopic (exact) mass is 360 g/mol. The van der Waals surface area contributed by atoms with Crippen LogP contribution in [0.4, 0.5) is 4.39 Å². The van der Waals surface area contributed by atoms with Crippen molar-refractivity contribution >= 4 is 27.5 Å². The molecule has 22 heavy (non-hydrogen) atoms. The van der Waals surface area contributed by atoms with Crippen LogP contribution in [0.5, 0.6) is 0 Å². The number of hydrogen-bond donors (Lipinski definition) is 0. The average molecular weight is 361 g/mol. The van der Waals surface area contributed by atoms with Gasteiger partial charge < -0.3 is 0 Å². The minimum absolute atomic E-state index is 0.124. The third kappa shape index (κ3) is 2.95. The smallest absolute Gasteiger partial charge is 0.240 e. The lowest BCUT2D eigenvalue weighted by molar-refractivity contribution is -0.130. The predicted octanol–water partition coefficient (Wildman–Crippen LogP) is 4.29. The van der Waals surface area contributed by atoms with Crippen molar-refractivity contribution in [1.82, 2.24) is 5.01 Å². The van der Waals surface area contributed by atoms with Crippen molar-refractivity contribution in [3.8, 4) is 0 Å². The first kappa shape index (κ1) is 14.9. The Morgan fingerprint density at radius 1 is 1.18 bits per heavy atom. The summed E-state index contributed by atoms with van der Waals surface area (Å²) in [7, 11) is 0. The van der Waals surface area contributed by atoms with Gasteiger partial charge in [-0.1, -0.05) is 40.2 Å². The summed E-state index contributed by atoms with van der Waals surface area (Å²) in [4.78, 5) is 11.9. The summed E-state index contributed by atoms with van der Waals surface area (Å²) in [6.07, 6.45) is 0.618. The number of halogens is 2. The van der Waals surface area contributed by atoms with Gasteiger partial charge in [0.05, 0.1) is 11.8 Å². The van der Waals surface area contributed by atoms with E-state index in [1.165, 1.54) is 24.1 Å². The molecule has 1 amide bonds. The van der Waals surface area contributed by atoms with Crippen molar-refractivity contribution < 1.29 is 9.18 Å². The zero-order valence-corrected chi connectivity index (χ0v) is 13.5. The molecular formula is C17H14BrFN2O. The van der Waals surface area contributed by atoms with Crippen LogP contribution in [0.15, 0.2) is 58.1 Å². The van der Waals surface area contributed by atoms with Crippen LogP contribution in [-0.4, -0.2) is 16.6 Å². The van der Waals surface area contributed by atoms with E-state index in [9.17, 15) is 9.18 Å². The van der Waals surface area contributed by atoms with E-state index in [-0.39, 0.29) is 17.8 Å². The number of rotatable bonds is 2. The molecule has 2 aromatic carbocycles. The van der Waals surface area contributed by atoms with Gasteiger partial charge >= 0.3 is 0 Å². The molecule has 0 aromatic heterocycles. The van der Waals surface area contributed by atoms with Crippen LogP contribution in [0.3, 0.4) is 0 Å². The third-order valence-electron chi connectivity index (χ3n) is 3.67. The van der Waals surface area contributed by atoms with Gasteiger partial charge in [-0.15, -0.1) is 0 Å². The standard InChI is InChI=1S/C17H14BrFN2O/c1-11(22)21-17(13-4-8-15(19)9-5-13)10-16(20-21)12-2-6-14(18)7-3-12/h2-9,17H,10H2,1H3/t17-/m1/s1. The molecule has 5 heteroatoms. The molecule has 0 fully saturated rings. The second-order valence-corrected chi connectivity index (χ2v) is 6.10. The van der Waals surface area contributed by atoms with Gasteiger partial charge in [-0.25, -0.2) is 9.40 Å². The van der Waals surface area contributed by atoms with Gasteiger partial charge in [-0.2, -0.15) is 5.10 Å². The molecule has 0 saturated carbocycles. The van der Waals surface area contributed by atoms with Crippen molar-refractivity contribution in [2.75, 3.05) is 0 Å². The Labute approximate surface area is 136 Å². The minimum atomic E-state index is -0.287. The maximum absolute atomic E-state index is 13.1. The van der Waals surface area contributed by atoms with Crippen molar-refractivity contribution in [1.29, 1.82) is 0 Å². The lowest BCUT2D eigenvalue weighted by Crippen LogP contribution is -2.24. The Balaban J connectivity index is 1.92. The lowest BCUT2D eigenvalue weighted by atomic mass is 9.98. The third-order valence-corrected chi connectivity index (χ3v) is 4.19. The maximum atomic E-state index is 13.1. The van der Waals surface area contributed by atoms with Crippen LogP contribution in [-0.2, 0) is 4.79 Å². The van der Waals surface area contributed by atoms with Crippen LogP contribution in [0.1, 0.15) is 30.5 Å². The molecule has 1 aliphatic heterocycles. The van der Waals surface area contributed by atoms with E-state index in [1.807, 2.05) is 24.3 Å². The molecule has 0 saturated heterocycles. The highest BCUT2D eigenvalue weighted by atomic mass is 79.9. The fraction of sp³-hybridized carbons (Fsp3) is 0.176. The molecular weight excluding hydrogens is 347 g/mol. The van der Waals surface area contributed by atoms with Crippen LogP contribution >= 0.6 is 15.9 Å². The number of amides is 1. The van der Waals surface area contributed by atoms with Crippen molar-refractivity contribution in [3.63, 3.8) is 0 Å². The highest BCUT2D eigenvalue weighted by molar-refractivity contribution is 9.10. The van der Waals surface area contributed by atoms with E-state index in [1.54, 1.807) is 12.1 Å². The first-order chi connectivity index (χ1) is 10.5. The van der Waals surface area contributed by atoms with E-state index in [0.717, 1.165) is 21.3 Å².